The van der Waals surface area contributed by atoms with Gasteiger partial charge in [0.15, 0.2) is 5.65 Å². The van der Waals surface area contributed by atoms with Gasteiger partial charge in [-0.3, -0.25) is 9.36 Å². The number of aromatic nitrogens is 8. The van der Waals surface area contributed by atoms with Crippen molar-refractivity contribution in [3.63, 3.8) is 0 Å². The molecule has 4 heterocycles. The predicted octanol–water partition coefficient (Wildman–Crippen LogP) is 3.49. The number of nitrogens with zero attached hydrogens (tertiary/aromatic N) is 8. The molecule has 0 radical (unpaired) electrons. The third kappa shape index (κ3) is 2.72. The summed E-state index contributed by atoms with van der Waals surface area (Å²) in [5.41, 5.74) is 0.877. The summed E-state index contributed by atoms with van der Waals surface area (Å²) >= 11 is 0. The molecule has 6 rings (SSSR count). The Bertz CT molecular complexity index is 1460. The van der Waals surface area contributed by atoms with E-state index in [9.17, 15) is 4.39 Å². The van der Waals surface area contributed by atoms with Crippen molar-refractivity contribution in [1.82, 2.24) is 39.4 Å². The molecule has 1 aliphatic rings. The van der Waals surface area contributed by atoms with Crippen molar-refractivity contribution < 1.29 is 13.2 Å². The second kappa shape index (κ2) is 6.13. The zero-order valence-electron chi connectivity index (χ0n) is 16.2. The lowest BCUT2D eigenvalue weighted by Crippen LogP contribution is -2.22. The molecule has 31 heavy (non-hydrogen) atoms. The number of halogens is 3. The smallest absolute Gasteiger partial charge is 0.269 e. The Labute approximate surface area is 172 Å². The number of hydrogen-bond donors (Lipinski definition) is 0. The molecule has 11 heteroatoms. The maximum Gasteiger partial charge on any atom is 0.336 e. The first-order chi connectivity index (χ1) is 14.9. The number of fused-ring (bicyclic) bond motifs is 2. The van der Waals surface area contributed by atoms with Crippen LogP contribution in [0.15, 0.2) is 42.9 Å². The number of alkyl halides is 2. The van der Waals surface area contributed by atoms with Gasteiger partial charge in [-0.25, -0.2) is 4.39 Å². The average molecular weight is 424 g/mol. The molecule has 8 nitrogen and oxygen atoms in total. The number of benzene rings is 1. The predicted molar refractivity (Wildman–Crippen MR) is 104 cm³/mol. The van der Waals surface area contributed by atoms with E-state index < -0.39 is 23.1 Å². The highest BCUT2D eigenvalue weighted by molar-refractivity contribution is 5.79. The Morgan fingerprint density at radius 1 is 1.06 bits per heavy atom. The molecule has 1 saturated carbocycles. The van der Waals surface area contributed by atoms with Crippen molar-refractivity contribution in [1.29, 1.82) is 0 Å². The molecule has 1 aromatic carbocycles. The first-order valence-corrected chi connectivity index (χ1v) is 9.69. The van der Waals surface area contributed by atoms with Crippen LogP contribution < -0.4 is 0 Å². The van der Waals surface area contributed by atoms with Crippen molar-refractivity contribution in [2.24, 2.45) is 7.05 Å². The SMILES string of the molecule is Cn1ncc2cc(C(F)(F)c3nnc4ccc(-c5cnn(C6CC6)c5)nn34)c(F)cc21. The van der Waals surface area contributed by atoms with Crippen molar-refractivity contribution in [3.05, 3.63) is 60.1 Å². The minimum absolute atomic E-state index is 0.135. The van der Waals surface area contributed by atoms with Crippen LogP contribution in [-0.4, -0.2) is 39.4 Å². The van der Waals surface area contributed by atoms with Gasteiger partial charge in [0.05, 0.1) is 35.2 Å². The van der Waals surface area contributed by atoms with E-state index in [1.807, 2.05) is 10.9 Å². The first-order valence-electron chi connectivity index (χ1n) is 9.69. The second-order valence-corrected chi connectivity index (χ2v) is 7.69. The highest BCUT2D eigenvalue weighted by Gasteiger charge is 2.42. The lowest BCUT2D eigenvalue weighted by molar-refractivity contribution is 0.0270. The molecule has 0 saturated heterocycles. The molecule has 156 valence electrons. The molecule has 0 N–H and O–H groups in total. The summed E-state index contributed by atoms with van der Waals surface area (Å²) < 4.78 is 49.8. The average Bonchev–Trinajstić information content (AvgIpc) is 3.17. The van der Waals surface area contributed by atoms with Crippen molar-refractivity contribution in [3.8, 4) is 11.3 Å². The fourth-order valence-electron chi connectivity index (χ4n) is 3.68. The topological polar surface area (TPSA) is 78.7 Å². The molecule has 0 bridgehead atoms. The Balaban J connectivity index is 1.47. The van der Waals surface area contributed by atoms with E-state index in [0.717, 1.165) is 29.5 Å². The highest BCUT2D eigenvalue weighted by Crippen LogP contribution is 2.38. The van der Waals surface area contributed by atoms with Crippen LogP contribution in [0.3, 0.4) is 0 Å². The minimum Gasteiger partial charge on any atom is -0.269 e. The highest BCUT2D eigenvalue weighted by atomic mass is 19.3. The molecule has 5 aromatic rings. The summed E-state index contributed by atoms with van der Waals surface area (Å²) in [6.45, 7) is 0. The van der Waals surface area contributed by atoms with Gasteiger partial charge in [-0.05, 0) is 31.0 Å². The zero-order chi connectivity index (χ0) is 21.3. The summed E-state index contributed by atoms with van der Waals surface area (Å²) in [6, 6.07) is 5.73. The van der Waals surface area contributed by atoms with Crippen LogP contribution >= 0.6 is 0 Å². The minimum atomic E-state index is -3.77. The van der Waals surface area contributed by atoms with Crippen molar-refractivity contribution >= 4 is 16.6 Å². The summed E-state index contributed by atoms with van der Waals surface area (Å²) in [5.74, 6) is -5.59. The maximum absolute atomic E-state index is 15.5. The maximum atomic E-state index is 15.5. The van der Waals surface area contributed by atoms with Gasteiger partial charge < -0.3 is 0 Å². The Kier molecular flexibility index (Phi) is 3.57. The van der Waals surface area contributed by atoms with Crippen LogP contribution in [0.2, 0.25) is 0 Å². The van der Waals surface area contributed by atoms with Crippen LogP contribution in [0.1, 0.15) is 30.3 Å². The van der Waals surface area contributed by atoms with Gasteiger partial charge in [0.2, 0.25) is 5.82 Å². The summed E-state index contributed by atoms with van der Waals surface area (Å²) in [5, 5.41) is 20.4. The van der Waals surface area contributed by atoms with E-state index in [-0.39, 0.29) is 5.65 Å². The summed E-state index contributed by atoms with van der Waals surface area (Å²) in [6.07, 6.45) is 7.03. The second-order valence-electron chi connectivity index (χ2n) is 7.69. The first kappa shape index (κ1) is 18.0. The van der Waals surface area contributed by atoms with Gasteiger partial charge >= 0.3 is 5.92 Å². The molecular weight excluding hydrogens is 409 g/mol. The molecule has 0 spiro atoms. The molecule has 0 aliphatic heterocycles. The molecule has 0 unspecified atom stereocenters. The van der Waals surface area contributed by atoms with Gasteiger partial charge in [0.25, 0.3) is 0 Å². The fraction of sp³-hybridized carbons (Fsp3) is 0.250. The van der Waals surface area contributed by atoms with E-state index >= 15 is 8.78 Å². The van der Waals surface area contributed by atoms with Gasteiger partial charge in [-0.2, -0.15) is 28.6 Å². The third-order valence-electron chi connectivity index (χ3n) is 5.54. The van der Waals surface area contributed by atoms with Crippen LogP contribution in [0.4, 0.5) is 13.2 Å². The molecule has 1 aliphatic carbocycles. The van der Waals surface area contributed by atoms with Crippen LogP contribution in [0.5, 0.6) is 0 Å². The molecule has 0 amide bonds. The number of rotatable bonds is 4. The van der Waals surface area contributed by atoms with Crippen molar-refractivity contribution in [2.75, 3.05) is 0 Å². The monoisotopic (exact) mass is 424 g/mol. The van der Waals surface area contributed by atoms with Gasteiger partial charge in [0.1, 0.15) is 5.82 Å². The molecule has 1 fully saturated rings. The standard InChI is InChI=1S/C20H15F3N8/c1-29-17-7-15(21)14(6-11(17)8-24-29)20(22,23)19-27-26-18-5-4-16(28-31(18)19)12-9-25-30(10-12)13-2-3-13/h4-10,13H,2-3H2,1H3. The van der Waals surface area contributed by atoms with Crippen LogP contribution in [0.25, 0.3) is 27.8 Å². The van der Waals surface area contributed by atoms with E-state index in [0.29, 0.717) is 28.2 Å². The van der Waals surface area contributed by atoms with E-state index in [1.165, 1.54) is 10.9 Å². The Morgan fingerprint density at radius 3 is 2.71 bits per heavy atom. The molecular formula is C20H15F3N8. The number of aryl methyl sites for hydroxylation is 1. The molecule has 0 atom stereocenters. The quantitative estimate of drug-likeness (QED) is 0.441. The van der Waals surface area contributed by atoms with Crippen LogP contribution in [-0.2, 0) is 13.0 Å². The summed E-state index contributed by atoms with van der Waals surface area (Å²) in [7, 11) is 1.61. The van der Waals surface area contributed by atoms with Crippen LogP contribution in [0, 0.1) is 5.82 Å². The van der Waals surface area contributed by atoms with Gasteiger partial charge in [0, 0.05) is 30.3 Å². The third-order valence-corrected chi connectivity index (χ3v) is 5.54. The van der Waals surface area contributed by atoms with Crippen molar-refractivity contribution in [2.45, 2.75) is 24.8 Å². The Morgan fingerprint density at radius 2 is 1.90 bits per heavy atom. The normalized spacial score (nSPS) is 14.7. The van der Waals surface area contributed by atoms with E-state index in [2.05, 4.69) is 25.5 Å². The lowest BCUT2D eigenvalue weighted by atomic mass is 10.0. The zero-order valence-corrected chi connectivity index (χ0v) is 16.2. The number of hydrogen-bond acceptors (Lipinski definition) is 5. The van der Waals surface area contributed by atoms with E-state index in [1.54, 1.807) is 25.4 Å². The Hall–Kier alpha value is -3.76. The molecule has 4 aromatic heterocycles. The van der Waals surface area contributed by atoms with Gasteiger partial charge in [-0.15, -0.1) is 10.2 Å². The summed E-state index contributed by atoms with van der Waals surface area (Å²) in [4.78, 5) is 0. The largest absolute Gasteiger partial charge is 0.336 e. The van der Waals surface area contributed by atoms with E-state index in [4.69, 9.17) is 0 Å². The van der Waals surface area contributed by atoms with Gasteiger partial charge in [-0.1, -0.05) is 0 Å². The lowest BCUT2D eigenvalue weighted by Gasteiger charge is -2.15. The fourth-order valence-corrected chi connectivity index (χ4v) is 3.68.